The van der Waals surface area contributed by atoms with E-state index in [0.29, 0.717) is 75.1 Å². The fourth-order valence-corrected chi connectivity index (χ4v) is 6.70. The van der Waals surface area contributed by atoms with Gasteiger partial charge in [-0.05, 0) is 79.3 Å². The molecule has 520 valence electrons. The highest BCUT2D eigenvalue weighted by Crippen LogP contribution is 2.23. The fraction of sp³-hybridized carbons (Fsp3) is 0.475. The molecule has 7 unspecified atom stereocenters. The molecule has 7 aromatic carbocycles. The molecule has 7 fully saturated rings. The Morgan fingerprint density at radius 1 is 0.298 bits per heavy atom. The molecule has 0 amide bonds. The molecule has 7 aromatic rings. The Hall–Kier alpha value is -6.66. The Labute approximate surface area is 566 Å². The largest absolute Gasteiger partial charge is 0.491 e. The van der Waals surface area contributed by atoms with Crippen LogP contribution in [-0.4, -0.2) is 157 Å². The summed E-state index contributed by atoms with van der Waals surface area (Å²) >= 11 is 0. The molecular formula is C80H116O14. The molecule has 0 saturated carbocycles. The number of epoxide rings is 7. The van der Waals surface area contributed by atoms with Crippen LogP contribution in [0.3, 0.4) is 0 Å². The SMILES string of the molecule is CC.CC(C)c1ccc(OCC2CO2)cc1.CCC.CCC.COCC1CO1.COCC1CO1.COCC1CO1.Cc1ccccc1OCC1CO1.Cc1ccccc1OCC1CO1.Cc1ccccc1OCC1CO1.c1ccccc1.c1ccccc1.c1ccccc1. The minimum Gasteiger partial charge on any atom is -0.491 e. The van der Waals surface area contributed by atoms with Crippen LogP contribution >= 0.6 is 0 Å². The molecular weight excluding hydrogens is 1180 g/mol. The maximum atomic E-state index is 5.54. The molecule has 7 atom stereocenters. The van der Waals surface area contributed by atoms with Crippen LogP contribution < -0.4 is 18.9 Å². The molecule has 14 rings (SSSR count). The van der Waals surface area contributed by atoms with E-state index < -0.39 is 0 Å². The summed E-state index contributed by atoms with van der Waals surface area (Å²) in [6, 6.07) is 68.4. The number of rotatable bonds is 19. The second-order valence-electron chi connectivity index (χ2n) is 22.2. The Bertz CT molecular complexity index is 2380. The van der Waals surface area contributed by atoms with Gasteiger partial charge in [0, 0.05) is 21.3 Å². The van der Waals surface area contributed by atoms with Gasteiger partial charge in [0.2, 0.25) is 0 Å². The van der Waals surface area contributed by atoms with E-state index in [0.717, 1.165) is 89.1 Å². The van der Waals surface area contributed by atoms with Crippen molar-refractivity contribution in [3.63, 3.8) is 0 Å². The van der Waals surface area contributed by atoms with E-state index in [-0.39, 0.29) is 0 Å². The summed E-state index contributed by atoms with van der Waals surface area (Å²) in [5.41, 5.74) is 4.88. The monoisotopic (exact) mass is 1300 g/mol. The summed E-state index contributed by atoms with van der Waals surface area (Å²) in [6.07, 6.45) is 5.12. The van der Waals surface area contributed by atoms with Gasteiger partial charge in [0.1, 0.15) is 92.2 Å². The number of aryl methyl sites for hydroxylation is 3. The molecule has 0 aliphatic carbocycles. The van der Waals surface area contributed by atoms with Crippen molar-refractivity contribution < 1.29 is 66.3 Å². The normalized spacial score (nSPS) is 18.6. The lowest BCUT2D eigenvalue weighted by Crippen LogP contribution is -2.04. The molecule has 7 aliphatic rings. The highest BCUT2D eigenvalue weighted by Gasteiger charge is 2.26. The van der Waals surface area contributed by atoms with Crippen molar-refractivity contribution in [1.29, 1.82) is 0 Å². The molecule has 14 nitrogen and oxygen atoms in total. The van der Waals surface area contributed by atoms with Gasteiger partial charge in [-0.1, -0.05) is 244 Å². The van der Waals surface area contributed by atoms with Crippen molar-refractivity contribution in [1.82, 2.24) is 0 Å². The van der Waals surface area contributed by atoms with E-state index >= 15 is 0 Å². The van der Waals surface area contributed by atoms with Crippen LogP contribution in [0.15, 0.2) is 206 Å². The minimum absolute atomic E-state index is 0.333. The number of methoxy groups -OCH3 is 3. The highest BCUT2D eigenvalue weighted by molar-refractivity contribution is 5.33. The van der Waals surface area contributed by atoms with Gasteiger partial charge in [0.05, 0.1) is 66.1 Å². The van der Waals surface area contributed by atoms with Crippen molar-refractivity contribution in [2.24, 2.45) is 0 Å². The predicted molar refractivity (Wildman–Crippen MR) is 382 cm³/mol. The summed E-state index contributed by atoms with van der Waals surface area (Å²) in [5.74, 6) is 4.41. The topological polar surface area (TPSA) is 152 Å². The van der Waals surface area contributed by atoms with Crippen LogP contribution in [0.25, 0.3) is 0 Å². The molecule has 0 N–H and O–H groups in total. The smallest absolute Gasteiger partial charge is 0.122 e. The van der Waals surface area contributed by atoms with Gasteiger partial charge in [0.25, 0.3) is 0 Å². The Kier molecular flexibility index (Phi) is 50.3. The van der Waals surface area contributed by atoms with Gasteiger partial charge in [0.15, 0.2) is 0 Å². The van der Waals surface area contributed by atoms with E-state index in [1.165, 1.54) is 35.1 Å². The van der Waals surface area contributed by atoms with Crippen LogP contribution in [0.1, 0.15) is 96.4 Å². The van der Waals surface area contributed by atoms with Gasteiger partial charge in [-0.2, -0.15) is 0 Å². The maximum absolute atomic E-state index is 5.54. The Balaban J connectivity index is 0.000000357. The average Bonchev–Trinajstić information content (AvgIpc) is 2.66. The highest BCUT2D eigenvalue weighted by atomic mass is 16.6. The van der Waals surface area contributed by atoms with Gasteiger partial charge in [-0.25, -0.2) is 0 Å². The van der Waals surface area contributed by atoms with Crippen LogP contribution in [-0.2, 0) is 47.4 Å². The number of hydrogen-bond acceptors (Lipinski definition) is 14. The lowest BCUT2D eigenvalue weighted by Gasteiger charge is -2.07. The quantitative estimate of drug-likeness (QED) is 0.0706. The predicted octanol–water partition coefficient (Wildman–Crippen LogP) is 16.9. The van der Waals surface area contributed by atoms with Crippen molar-refractivity contribution in [3.05, 3.63) is 229 Å². The number of benzene rings is 7. The number of para-hydroxylation sites is 3. The van der Waals surface area contributed by atoms with Crippen LogP contribution in [0, 0.1) is 20.8 Å². The number of ether oxygens (including phenoxy) is 14. The first kappa shape index (κ1) is 83.4. The zero-order valence-corrected chi connectivity index (χ0v) is 59.3. The van der Waals surface area contributed by atoms with Crippen molar-refractivity contribution in [2.75, 3.05) is 114 Å². The third-order valence-electron chi connectivity index (χ3n) is 12.4. The fourth-order valence-electron chi connectivity index (χ4n) is 6.70. The zero-order valence-electron chi connectivity index (χ0n) is 59.3. The standard InChI is InChI=1S/C12H16O2.3C10H12O2.3C6H6.3C4H8O2.2C3H8.C2H6/c1-9(2)10-3-5-11(6-4-10)13-7-12-8-14-12;3*1-8-4-2-3-5-10(8)12-7-9-6-11-9;3*1-2-4-6-5-3-1;3*1-5-2-4-3-6-4;2*1-3-2;1-2/h3-6,9,12H,7-8H2,1-2H3;3*2-5,9H,6-7H2,1H3;3*1-6H;3*4H,2-3H2,1H3;2*3H2,1-2H3;1-2H3. The van der Waals surface area contributed by atoms with Gasteiger partial charge >= 0.3 is 0 Å². The van der Waals surface area contributed by atoms with Crippen LogP contribution in [0.4, 0.5) is 0 Å². The van der Waals surface area contributed by atoms with Crippen LogP contribution in [0.5, 0.6) is 23.0 Å². The van der Waals surface area contributed by atoms with E-state index in [1.807, 2.05) is 229 Å². The summed E-state index contributed by atoms with van der Waals surface area (Å²) < 4.78 is 71.0. The van der Waals surface area contributed by atoms with Crippen molar-refractivity contribution in [3.8, 4) is 23.0 Å². The van der Waals surface area contributed by atoms with Gasteiger partial charge in [-0.15, -0.1) is 0 Å². The first-order valence-corrected chi connectivity index (χ1v) is 33.5. The lowest BCUT2D eigenvalue weighted by atomic mass is 10.0. The third kappa shape index (κ3) is 51.7. The van der Waals surface area contributed by atoms with E-state index in [4.69, 9.17) is 66.3 Å². The van der Waals surface area contributed by atoms with Crippen molar-refractivity contribution >= 4 is 0 Å². The second kappa shape index (κ2) is 56.7. The summed E-state index contributed by atoms with van der Waals surface area (Å²) in [4.78, 5) is 0. The second-order valence-corrected chi connectivity index (χ2v) is 22.2. The molecule has 0 aromatic heterocycles. The first-order chi connectivity index (χ1) is 46.0. The molecule has 7 saturated heterocycles. The van der Waals surface area contributed by atoms with Crippen LogP contribution in [0.2, 0.25) is 0 Å². The molecule has 0 bridgehead atoms. The van der Waals surface area contributed by atoms with Gasteiger partial charge < -0.3 is 66.3 Å². The molecule has 14 heteroatoms. The Morgan fingerprint density at radius 2 is 0.489 bits per heavy atom. The zero-order chi connectivity index (χ0) is 68.5. The minimum atomic E-state index is 0.333. The molecule has 94 heavy (non-hydrogen) atoms. The Morgan fingerprint density at radius 3 is 0.660 bits per heavy atom. The molecule has 0 spiro atoms. The van der Waals surface area contributed by atoms with E-state index in [1.54, 1.807) is 21.3 Å². The lowest BCUT2D eigenvalue weighted by molar-refractivity contribution is 0.171. The van der Waals surface area contributed by atoms with Gasteiger partial charge in [-0.3, -0.25) is 0 Å². The van der Waals surface area contributed by atoms with E-state index in [2.05, 4.69) is 53.7 Å². The number of hydrogen-bond donors (Lipinski definition) is 0. The molecule has 7 heterocycles. The molecule has 7 aliphatic heterocycles. The summed E-state index contributed by atoms with van der Waals surface area (Å²) in [6.45, 7) is 34.1. The van der Waals surface area contributed by atoms with Crippen molar-refractivity contribution in [2.45, 2.75) is 138 Å². The summed E-state index contributed by atoms with van der Waals surface area (Å²) in [5, 5.41) is 0. The summed E-state index contributed by atoms with van der Waals surface area (Å²) in [7, 11) is 5.05. The maximum Gasteiger partial charge on any atom is 0.122 e. The van der Waals surface area contributed by atoms with E-state index in [9.17, 15) is 0 Å². The first-order valence-electron chi connectivity index (χ1n) is 33.5. The average molecular weight is 1300 g/mol. The third-order valence-corrected chi connectivity index (χ3v) is 12.4. The molecule has 0 radical (unpaired) electrons.